The highest BCUT2D eigenvalue weighted by molar-refractivity contribution is 5.87. The molecule has 0 aromatic heterocycles. The van der Waals surface area contributed by atoms with Crippen LogP contribution in [0.5, 0.6) is 0 Å². The highest BCUT2D eigenvalue weighted by atomic mass is 16.5. The van der Waals surface area contributed by atoms with Crippen LogP contribution in [-0.2, 0) is 25.5 Å². The minimum absolute atomic E-state index is 0.121. The van der Waals surface area contributed by atoms with Gasteiger partial charge < -0.3 is 10.1 Å². The third-order valence-corrected chi connectivity index (χ3v) is 2.86. The van der Waals surface area contributed by atoms with E-state index in [4.69, 9.17) is 4.74 Å². The maximum Gasteiger partial charge on any atom is 0.329 e. The smallest absolute Gasteiger partial charge is 0.329 e. The Kier molecular flexibility index (Phi) is 6.59. The van der Waals surface area contributed by atoms with E-state index in [0.717, 1.165) is 5.56 Å². The molecule has 0 aliphatic rings. The van der Waals surface area contributed by atoms with E-state index >= 15 is 0 Å². The molecule has 0 bridgehead atoms. The molecule has 0 unspecified atom stereocenters. The van der Waals surface area contributed by atoms with Gasteiger partial charge in [0.15, 0.2) is 5.78 Å². The second-order valence-corrected chi connectivity index (χ2v) is 5.26. The maximum atomic E-state index is 12.0. The number of esters is 1. The Bertz CT molecular complexity index is 496. The number of nitrogens with one attached hydrogen (secondary N) is 1. The lowest BCUT2D eigenvalue weighted by atomic mass is 10.0. The van der Waals surface area contributed by atoms with Crippen LogP contribution in [0.4, 0.5) is 0 Å². The van der Waals surface area contributed by atoms with E-state index in [2.05, 4.69) is 5.32 Å². The van der Waals surface area contributed by atoms with E-state index in [1.807, 2.05) is 44.2 Å². The van der Waals surface area contributed by atoms with Crippen LogP contribution in [0.25, 0.3) is 0 Å². The summed E-state index contributed by atoms with van der Waals surface area (Å²) in [4.78, 5) is 34.7. The van der Waals surface area contributed by atoms with Crippen molar-refractivity contribution in [2.45, 2.75) is 33.2 Å². The molecule has 0 fully saturated rings. The standard InChI is InChI=1S/C16H21NO4/c1-11(2)15(16(20)21-10-12(3)18)17-14(19)9-13-7-5-4-6-8-13/h4-8,11,15H,9-10H2,1-3H3,(H,17,19)/t15-/m0/s1. The van der Waals surface area contributed by atoms with E-state index in [9.17, 15) is 14.4 Å². The van der Waals surface area contributed by atoms with E-state index in [0.29, 0.717) is 0 Å². The quantitative estimate of drug-likeness (QED) is 0.773. The van der Waals surface area contributed by atoms with Crippen molar-refractivity contribution in [1.29, 1.82) is 0 Å². The SMILES string of the molecule is CC(=O)COC(=O)[C@@H](NC(=O)Cc1ccccc1)C(C)C. The van der Waals surface area contributed by atoms with Gasteiger partial charge in [-0.1, -0.05) is 44.2 Å². The predicted molar refractivity (Wildman–Crippen MR) is 78.6 cm³/mol. The number of rotatable bonds is 7. The molecule has 1 N–H and O–H groups in total. The lowest BCUT2D eigenvalue weighted by Gasteiger charge is -2.20. The van der Waals surface area contributed by atoms with Gasteiger partial charge in [-0.05, 0) is 18.4 Å². The van der Waals surface area contributed by atoms with Crippen LogP contribution in [0, 0.1) is 5.92 Å². The van der Waals surface area contributed by atoms with Crippen LogP contribution in [0.3, 0.4) is 0 Å². The lowest BCUT2D eigenvalue weighted by molar-refractivity contribution is -0.152. The van der Waals surface area contributed by atoms with Crippen molar-refractivity contribution in [1.82, 2.24) is 5.32 Å². The second kappa shape index (κ2) is 8.19. The van der Waals surface area contributed by atoms with Gasteiger partial charge in [0.25, 0.3) is 0 Å². The van der Waals surface area contributed by atoms with Crippen molar-refractivity contribution in [3.8, 4) is 0 Å². The van der Waals surface area contributed by atoms with Crippen LogP contribution in [0.1, 0.15) is 26.3 Å². The van der Waals surface area contributed by atoms with Crippen LogP contribution in [-0.4, -0.2) is 30.3 Å². The highest BCUT2D eigenvalue weighted by Crippen LogP contribution is 2.06. The van der Waals surface area contributed by atoms with Gasteiger partial charge in [-0.2, -0.15) is 0 Å². The molecule has 0 spiro atoms. The molecular formula is C16H21NO4. The number of amides is 1. The number of hydrogen-bond donors (Lipinski definition) is 1. The van der Waals surface area contributed by atoms with Gasteiger partial charge in [0.1, 0.15) is 12.6 Å². The Balaban J connectivity index is 2.59. The Morgan fingerprint density at radius 1 is 1.14 bits per heavy atom. The Morgan fingerprint density at radius 2 is 1.76 bits per heavy atom. The first kappa shape index (κ1) is 16.9. The fourth-order valence-electron chi connectivity index (χ4n) is 1.77. The second-order valence-electron chi connectivity index (χ2n) is 5.26. The van der Waals surface area contributed by atoms with Crippen molar-refractivity contribution < 1.29 is 19.1 Å². The Morgan fingerprint density at radius 3 is 2.29 bits per heavy atom. The maximum absolute atomic E-state index is 12.0. The summed E-state index contributed by atoms with van der Waals surface area (Å²) in [6.07, 6.45) is 0.198. The van der Waals surface area contributed by atoms with E-state index in [1.54, 1.807) is 0 Å². The first-order chi connectivity index (χ1) is 9.90. The van der Waals surface area contributed by atoms with Gasteiger partial charge in [-0.3, -0.25) is 9.59 Å². The fourth-order valence-corrected chi connectivity index (χ4v) is 1.77. The van der Waals surface area contributed by atoms with Crippen molar-refractivity contribution in [2.75, 3.05) is 6.61 Å². The molecule has 5 nitrogen and oxygen atoms in total. The Hall–Kier alpha value is -2.17. The monoisotopic (exact) mass is 291 g/mol. The Labute approximate surface area is 124 Å². The summed E-state index contributed by atoms with van der Waals surface area (Å²) in [6, 6.07) is 8.52. The van der Waals surface area contributed by atoms with Gasteiger partial charge in [0, 0.05) is 0 Å². The molecule has 1 aromatic rings. The molecule has 0 aliphatic heterocycles. The van der Waals surface area contributed by atoms with E-state index < -0.39 is 12.0 Å². The molecule has 0 saturated heterocycles. The van der Waals surface area contributed by atoms with Crippen LogP contribution >= 0.6 is 0 Å². The summed E-state index contributed by atoms with van der Waals surface area (Å²) < 4.78 is 4.87. The van der Waals surface area contributed by atoms with Crippen LogP contribution < -0.4 is 5.32 Å². The van der Waals surface area contributed by atoms with Crippen LogP contribution in [0.2, 0.25) is 0 Å². The fraction of sp³-hybridized carbons (Fsp3) is 0.438. The number of hydrogen-bond acceptors (Lipinski definition) is 4. The van der Waals surface area contributed by atoms with Crippen molar-refractivity contribution >= 4 is 17.7 Å². The van der Waals surface area contributed by atoms with E-state index in [-0.39, 0.29) is 30.6 Å². The molecule has 1 rings (SSSR count). The topological polar surface area (TPSA) is 72.5 Å². The highest BCUT2D eigenvalue weighted by Gasteiger charge is 2.25. The largest absolute Gasteiger partial charge is 0.456 e. The first-order valence-corrected chi connectivity index (χ1v) is 6.89. The number of benzene rings is 1. The van der Waals surface area contributed by atoms with Crippen molar-refractivity contribution in [3.05, 3.63) is 35.9 Å². The molecule has 0 radical (unpaired) electrons. The average molecular weight is 291 g/mol. The van der Waals surface area contributed by atoms with Crippen molar-refractivity contribution in [2.24, 2.45) is 5.92 Å². The molecule has 0 aliphatic carbocycles. The third kappa shape index (κ3) is 6.21. The molecule has 1 aromatic carbocycles. The summed E-state index contributed by atoms with van der Waals surface area (Å²) >= 11 is 0. The van der Waals surface area contributed by atoms with Crippen LogP contribution in [0.15, 0.2) is 30.3 Å². The summed E-state index contributed by atoms with van der Waals surface area (Å²) in [5.41, 5.74) is 0.870. The zero-order valence-corrected chi connectivity index (χ0v) is 12.6. The molecule has 114 valence electrons. The van der Waals surface area contributed by atoms with Gasteiger partial charge >= 0.3 is 5.97 Å². The minimum atomic E-state index is -0.749. The summed E-state index contributed by atoms with van der Waals surface area (Å²) in [7, 11) is 0. The summed E-state index contributed by atoms with van der Waals surface area (Å²) in [5, 5.41) is 2.66. The van der Waals surface area contributed by atoms with Crippen molar-refractivity contribution in [3.63, 3.8) is 0 Å². The van der Waals surface area contributed by atoms with Gasteiger partial charge in [-0.15, -0.1) is 0 Å². The zero-order valence-electron chi connectivity index (χ0n) is 12.6. The predicted octanol–water partition coefficient (Wildman–Crippen LogP) is 1.50. The molecule has 21 heavy (non-hydrogen) atoms. The van der Waals surface area contributed by atoms with Gasteiger partial charge in [-0.25, -0.2) is 4.79 Å². The van der Waals surface area contributed by atoms with Gasteiger partial charge in [0.2, 0.25) is 5.91 Å². The molecule has 1 amide bonds. The number of carbonyl (C=O) groups is 3. The average Bonchev–Trinajstić information content (AvgIpc) is 2.43. The lowest BCUT2D eigenvalue weighted by Crippen LogP contribution is -2.46. The molecule has 5 heteroatoms. The molecular weight excluding hydrogens is 270 g/mol. The number of ether oxygens (including phenoxy) is 1. The summed E-state index contributed by atoms with van der Waals surface area (Å²) in [6.45, 7) is 4.69. The third-order valence-electron chi connectivity index (χ3n) is 2.86. The molecule has 0 saturated carbocycles. The van der Waals surface area contributed by atoms with E-state index in [1.165, 1.54) is 6.92 Å². The number of Topliss-reactive ketones (excluding diaryl/α,β-unsaturated/α-hetero) is 1. The normalized spacial score (nSPS) is 11.8. The number of ketones is 1. The zero-order chi connectivity index (χ0) is 15.8. The molecule has 0 heterocycles. The first-order valence-electron chi connectivity index (χ1n) is 6.89. The van der Waals surface area contributed by atoms with Gasteiger partial charge in [0.05, 0.1) is 6.42 Å². The minimum Gasteiger partial charge on any atom is -0.456 e. The summed E-state index contributed by atoms with van der Waals surface area (Å²) in [5.74, 6) is -1.19. The molecule has 1 atom stereocenters. The number of carbonyl (C=O) groups excluding carboxylic acids is 3.